The van der Waals surface area contributed by atoms with Gasteiger partial charge in [-0.05, 0) is 62.9 Å². The molecule has 0 fully saturated rings. The predicted octanol–water partition coefficient (Wildman–Crippen LogP) is 4.22. The predicted molar refractivity (Wildman–Crippen MR) is 105 cm³/mol. The van der Waals surface area contributed by atoms with Crippen LogP contribution in [0.15, 0.2) is 42.5 Å². The summed E-state index contributed by atoms with van der Waals surface area (Å²) in [4.78, 5) is 14.4. The van der Waals surface area contributed by atoms with E-state index in [4.69, 9.17) is 21.1 Å². The third kappa shape index (κ3) is 6.41. The number of halogens is 2. The number of carbonyl (C=O) groups is 1. The van der Waals surface area contributed by atoms with E-state index in [-0.39, 0.29) is 17.8 Å². The molecule has 0 saturated heterocycles. The van der Waals surface area contributed by atoms with Crippen molar-refractivity contribution < 1.29 is 18.7 Å². The molecule has 2 aromatic rings. The zero-order valence-corrected chi connectivity index (χ0v) is 16.4. The zero-order valence-electron chi connectivity index (χ0n) is 15.7. The van der Waals surface area contributed by atoms with Gasteiger partial charge in [0.2, 0.25) is 5.91 Å². The molecule has 0 spiro atoms. The van der Waals surface area contributed by atoms with Gasteiger partial charge in [0.15, 0.2) is 0 Å². The van der Waals surface area contributed by atoms with E-state index in [1.54, 1.807) is 30.3 Å². The van der Waals surface area contributed by atoms with E-state index in [0.29, 0.717) is 35.4 Å². The molecule has 0 aliphatic carbocycles. The van der Waals surface area contributed by atoms with Gasteiger partial charge in [-0.3, -0.25) is 9.69 Å². The second-order valence-electron chi connectivity index (χ2n) is 6.15. The molecule has 0 bridgehead atoms. The van der Waals surface area contributed by atoms with Crippen molar-refractivity contribution in [3.05, 3.63) is 53.3 Å². The summed E-state index contributed by atoms with van der Waals surface area (Å²) in [6.07, 6.45) is 0.728. The number of hydrogen-bond donors (Lipinski definition) is 1. The van der Waals surface area contributed by atoms with E-state index in [0.717, 1.165) is 6.42 Å². The fraction of sp³-hybridized carbons (Fsp3) is 0.350. The van der Waals surface area contributed by atoms with Crippen molar-refractivity contribution in [2.45, 2.75) is 19.4 Å². The maximum atomic E-state index is 12.9. The lowest BCUT2D eigenvalue weighted by molar-refractivity contribution is -0.120. The molecule has 0 aliphatic heterocycles. The highest BCUT2D eigenvalue weighted by Gasteiger charge is 2.19. The Balaban J connectivity index is 1.80. The van der Waals surface area contributed by atoms with E-state index < -0.39 is 0 Å². The number of anilines is 1. The quantitative estimate of drug-likeness (QED) is 0.647. The molecule has 2 rings (SSSR count). The lowest BCUT2D eigenvalue weighted by Gasteiger charge is -2.24. The Morgan fingerprint density at radius 1 is 1.26 bits per heavy atom. The summed E-state index contributed by atoms with van der Waals surface area (Å²) in [5, 5.41) is 3.37. The Labute approximate surface area is 164 Å². The van der Waals surface area contributed by atoms with Gasteiger partial charge in [0.05, 0.1) is 25.4 Å². The average Bonchev–Trinajstić information content (AvgIpc) is 2.66. The summed E-state index contributed by atoms with van der Waals surface area (Å²) < 4.78 is 23.7. The standard InChI is InChI=1S/C20H24ClFN2O3/c1-14(20(25)23-18-13-15(21)5-10-19(18)26-3)24(2)11-4-12-27-17-8-6-16(22)7-9-17/h5-10,13-14H,4,11-12H2,1-3H3,(H,23,25). The van der Waals surface area contributed by atoms with Crippen molar-refractivity contribution in [2.24, 2.45) is 0 Å². The monoisotopic (exact) mass is 394 g/mol. The van der Waals surface area contributed by atoms with E-state index in [2.05, 4.69) is 5.32 Å². The van der Waals surface area contributed by atoms with Crippen molar-refractivity contribution in [3.63, 3.8) is 0 Å². The van der Waals surface area contributed by atoms with Gasteiger partial charge in [0.25, 0.3) is 0 Å². The third-order valence-corrected chi connectivity index (χ3v) is 4.43. The normalized spacial score (nSPS) is 11.9. The Bertz CT molecular complexity index is 755. The molecule has 7 heteroatoms. The van der Waals surface area contributed by atoms with Gasteiger partial charge in [-0.25, -0.2) is 4.39 Å². The first-order valence-corrected chi connectivity index (χ1v) is 9.01. The minimum atomic E-state index is -0.348. The van der Waals surface area contributed by atoms with Gasteiger partial charge in [-0.15, -0.1) is 0 Å². The van der Waals surface area contributed by atoms with Gasteiger partial charge in [0, 0.05) is 11.6 Å². The molecule has 0 heterocycles. The highest BCUT2D eigenvalue weighted by atomic mass is 35.5. The number of nitrogens with zero attached hydrogens (tertiary/aromatic N) is 1. The first kappa shape index (κ1) is 21.0. The van der Waals surface area contributed by atoms with E-state index in [1.807, 2.05) is 18.9 Å². The summed E-state index contributed by atoms with van der Waals surface area (Å²) in [7, 11) is 3.41. The van der Waals surface area contributed by atoms with E-state index in [9.17, 15) is 9.18 Å². The summed E-state index contributed by atoms with van der Waals surface area (Å²) in [5.41, 5.74) is 0.537. The lowest BCUT2D eigenvalue weighted by atomic mass is 10.2. The summed E-state index contributed by atoms with van der Waals surface area (Å²) in [6.45, 7) is 2.97. The second kappa shape index (κ2) is 10.1. The van der Waals surface area contributed by atoms with Crippen molar-refractivity contribution >= 4 is 23.2 Å². The van der Waals surface area contributed by atoms with Crippen molar-refractivity contribution in [1.82, 2.24) is 4.90 Å². The minimum Gasteiger partial charge on any atom is -0.495 e. The number of methoxy groups -OCH3 is 1. The average molecular weight is 395 g/mol. The van der Waals surface area contributed by atoms with Crippen molar-refractivity contribution in [2.75, 3.05) is 32.6 Å². The largest absolute Gasteiger partial charge is 0.495 e. The van der Waals surface area contributed by atoms with Crippen LogP contribution in [0, 0.1) is 5.82 Å². The lowest BCUT2D eigenvalue weighted by Crippen LogP contribution is -2.40. The van der Waals surface area contributed by atoms with Gasteiger partial charge in [-0.2, -0.15) is 0 Å². The molecule has 0 saturated carbocycles. The Kier molecular flexibility index (Phi) is 7.88. The molecule has 0 radical (unpaired) electrons. The number of benzene rings is 2. The van der Waals surface area contributed by atoms with Gasteiger partial charge in [-0.1, -0.05) is 11.6 Å². The summed E-state index contributed by atoms with van der Waals surface area (Å²) in [6, 6.07) is 10.6. The smallest absolute Gasteiger partial charge is 0.241 e. The molecule has 1 N–H and O–H groups in total. The summed E-state index contributed by atoms with van der Waals surface area (Å²) >= 11 is 5.99. The molecule has 1 amide bonds. The van der Waals surface area contributed by atoms with Crippen LogP contribution in [0.3, 0.4) is 0 Å². The number of nitrogens with one attached hydrogen (secondary N) is 1. The van der Waals surface area contributed by atoms with Crippen LogP contribution in [0.1, 0.15) is 13.3 Å². The van der Waals surface area contributed by atoms with Crippen molar-refractivity contribution in [3.8, 4) is 11.5 Å². The fourth-order valence-electron chi connectivity index (χ4n) is 2.44. The van der Waals surface area contributed by atoms with Crippen LogP contribution in [0.5, 0.6) is 11.5 Å². The van der Waals surface area contributed by atoms with E-state index >= 15 is 0 Å². The topological polar surface area (TPSA) is 50.8 Å². The van der Waals surface area contributed by atoms with Crippen LogP contribution in [-0.2, 0) is 4.79 Å². The SMILES string of the molecule is COc1ccc(Cl)cc1NC(=O)C(C)N(C)CCCOc1ccc(F)cc1. The van der Waals surface area contributed by atoms with Crippen LogP contribution >= 0.6 is 11.6 Å². The number of ether oxygens (including phenoxy) is 2. The zero-order chi connectivity index (χ0) is 19.8. The molecule has 0 aromatic heterocycles. The molecular weight excluding hydrogens is 371 g/mol. The first-order valence-electron chi connectivity index (χ1n) is 8.63. The highest BCUT2D eigenvalue weighted by molar-refractivity contribution is 6.31. The van der Waals surface area contributed by atoms with Crippen LogP contribution < -0.4 is 14.8 Å². The summed E-state index contributed by atoms with van der Waals surface area (Å²) in [5.74, 6) is 0.726. The highest BCUT2D eigenvalue weighted by Crippen LogP contribution is 2.27. The molecule has 146 valence electrons. The maximum absolute atomic E-state index is 12.9. The van der Waals surface area contributed by atoms with Crippen LogP contribution in [0.25, 0.3) is 0 Å². The Hall–Kier alpha value is -2.31. The van der Waals surface area contributed by atoms with Gasteiger partial charge in [0.1, 0.15) is 17.3 Å². The number of amides is 1. The number of rotatable bonds is 9. The van der Waals surface area contributed by atoms with Crippen molar-refractivity contribution in [1.29, 1.82) is 0 Å². The molecule has 0 aliphatic rings. The fourth-order valence-corrected chi connectivity index (χ4v) is 2.62. The van der Waals surface area contributed by atoms with Gasteiger partial charge >= 0.3 is 0 Å². The third-order valence-electron chi connectivity index (χ3n) is 4.20. The Morgan fingerprint density at radius 2 is 1.96 bits per heavy atom. The second-order valence-corrected chi connectivity index (χ2v) is 6.58. The van der Waals surface area contributed by atoms with Gasteiger partial charge < -0.3 is 14.8 Å². The molecule has 1 atom stereocenters. The number of likely N-dealkylation sites (N-methyl/N-ethyl adjacent to an activating group) is 1. The van der Waals surface area contributed by atoms with Crippen LogP contribution in [0.2, 0.25) is 5.02 Å². The first-order chi connectivity index (χ1) is 12.9. The molecule has 27 heavy (non-hydrogen) atoms. The molecule has 5 nitrogen and oxygen atoms in total. The van der Waals surface area contributed by atoms with Crippen LogP contribution in [0.4, 0.5) is 10.1 Å². The Morgan fingerprint density at radius 3 is 2.63 bits per heavy atom. The number of carbonyl (C=O) groups excluding carboxylic acids is 1. The molecule has 1 unspecified atom stereocenters. The number of hydrogen-bond acceptors (Lipinski definition) is 4. The van der Waals surface area contributed by atoms with E-state index in [1.165, 1.54) is 19.2 Å². The molecule has 2 aromatic carbocycles. The minimum absolute atomic E-state index is 0.155. The molecular formula is C20H24ClFN2O3. The maximum Gasteiger partial charge on any atom is 0.241 e. The van der Waals surface area contributed by atoms with Crippen LogP contribution in [-0.4, -0.2) is 44.2 Å².